The van der Waals surface area contributed by atoms with E-state index < -0.39 is 6.10 Å². The summed E-state index contributed by atoms with van der Waals surface area (Å²) in [5, 5.41) is 10.4. The number of aliphatic hydroxyl groups is 1. The van der Waals surface area contributed by atoms with Crippen LogP contribution in [0.15, 0.2) is 34.9 Å². The molecule has 1 heterocycles. The van der Waals surface area contributed by atoms with Gasteiger partial charge in [0.05, 0.1) is 12.4 Å². The molecule has 0 spiro atoms. The van der Waals surface area contributed by atoms with E-state index in [1.54, 1.807) is 6.07 Å². The summed E-state index contributed by atoms with van der Waals surface area (Å²) >= 11 is 5.87. The molecule has 1 atom stereocenters. The Labute approximate surface area is 111 Å². The molecule has 2 nitrogen and oxygen atoms in total. The van der Waals surface area contributed by atoms with Gasteiger partial charge in [0.25, 0.3) is 0 Å². The van der Waals surface area contributed by atoms with E-state index in [-0.39, 0.29) is 5.22 Å². The van der Waals surface area contributed by atoms with Gasteiger partial charge in [0.2, 0.25) is 0 Å². The van der Waals surface area contributed by atoms with Crippen molar-refractivity contribution in [3.63, 3.8) is 0 Å². The minimum absolute atomic E-state index is 0.281. The predicted molar refractivity (Wildman–Crippen MR) is 70.8 cm³/mol. The molecule has 94 valence electrons. The van der Waals surface area contributed by atoms with E-state index in [2.05, 4.69) is 18.2 Å². The largest absolute Gasteiger partial charge is 0.453 e. The van der Waals surface area contributed by atoms with Crippen molar-refractivity contribution in [2.75, 3.05) is 0 Å². The maximum absolute atomic E-state index is 10.1. The fourth-order valence-electron chi connectivity index (χ4n) is 2.63. The van der Waals surface area contributed by atoms with Crippen molar-refractivity contribution in [1.29, 1.82) is 0 Å². The second-order valence-electron chi connectivity index (χ2n) is 4.83. The number of rotatable bonds is 3. The lowest BCUT2D eigenvalue weighted by molar-refractivity contribution is 0.177. The molecule has 0 saturated heterocycles. The lowest BCUT2D eigenvalue weighted by Crippen LogP contribution is -2.01. The van der Waals surface area contributed by atoms with Crippen LogP contribution < -0.4 is 0 Å². The highest BCUT2D eigenvalue weighted by molar-refractivity contribution is 6.29. The van der Waals surface area contributed by atoms with E-state index in [1.165, 1.54) is 30.2 Å². The molecule has 1 N–H and O–H groups in total. The molecule has 0 amide bonds. The predicted octanol–water partition coefficient (Wildman–Crippen LogP) is 3.70. The molecule has 1 unspecified atom stereocenters. The van der Waals surface area contributed by atoms with E-state index in [1.807, 2.05) is 0 Å². The molecule has 1 aliphatic carbocycles. The number of benzene rings is 1. The number of hydrogen-bond acceptors (Lipinski definition) is 2. The molecule has 1 aromatic carbocycles. The van der Waals surface area contributed by atoms with Gasteiger partial charge in [0.1, 0.15) is 0 Å². The highest BCUT2D eigenvalue weighted by Crippen LogP contribution is 2.28. The van der Waals surface area contributed by atoms with E-state index in [9.17, 15) is 5.11 Å². The summed E-state index contributed by atoms with van der Waals surface area (Å²) in [6.45, 7) is 0. The number of fused-ring (bicyclic) bond motifs is 1. The number of hydrogen-bond donors (Lipinski definition) is 1. The van der Waals surface area contributed by atoms with Crippen LogP contribution in [0.25, 0.3) is 0 Å². The number of aryl methyl sites for hydroxylation is 2. The van der Waals surface area contributed by atoms with Crippen LogP contribution in [0.1, 0.15) is 34.8 Å². The summed E-state index contributed by atoms with van der Waals surface area (Å²) in [4.78, 5) is 0. The Balaban J connectivity index is 1.79. The van der Waals surface area contributed by atoms with Gasteiger partial charge in [0.15, 0.2) is 5.22 Å². The van der Waals surface area contributed by atoms with Crippen molar-refractivity contribution < 1.29 is 9.52 Å². The Morgan fingerprint density at radius 2 is 2.06 bits per heavy atom. The quantitative estimate of drug-likeness (QED) is 0.915. The van der Waals surface area contributed by atoms with Gasteiger partial charge in [-0.3, -0.25) is 0 Å². The summed E-state index contributed by atoms with van der Waals surface area (Å²) in [5.41, 5.74) is 4.70. The Morgan fingerprint density at radius 3 is 2.83 bits per heavy atom. The molecule has 1 aliphatic rings. The molecule has 0 saturated carbocycles. The summed E-state index contributed by atoms with van der Waals surface area (Å²) in [6, 6.07) is 8.21. The lowest BCUT2D eigenvalue weighted by atomic mass is 10.00. The van der Waals surface area contributed by atoms with E-state index >= 15 is 0 Å². The minimum atomic E-state index is -0.601. The van der Waals surface area contributed by atoms with Gasteiger partial charge < -0.3 is 9.52 Å². The van der Waals surface area contributed by atoms with Crippen molar-refractivity contribution in [2.24, 2.45) is 0 Å². The fraction of sp³-hybridized carbons (Fsp3) is 0.333. The molecule has 18 heavy (non-hydrogen) atoms. The Kier molecular flexibility index (Phi) is 3.14. The Morgan fingerprint density at radius 1 is 1.22 bits per heavy atom. The summed E-state index contributed by atoms with van der Waals surface area (Å²) in [7, 11) is 0. The van der Waals surface area contributed by atoms with Crippen molar-refractivity contribution in [2.45, 2.75) is 31.8 Å². The van der Waals surface area contributed by atoms with Crippen LogP contribution in [0.2, 0.25) is 5.22 Å². The van der Waals surface area contributed by atoms with Crippen LogP contribution in [-0.4, -0.2) is 5.11 Å². The maximum atomic E-state index is 10.1. The first-order chi connectivity index (χ1) is 8.74. The molecule has 2 aromatic rings. The van der Waals surface area contributed by atoms with Crippen molar-refractivity contribution in [3.05, 3.63) is 58.0 Å². The Hall–Kier alpha value is -1.25. The van der Waals surface area contributed by atoms with E-state index in [0.29, 0.717) is 12.0 Å². The van der Waals surface area contributed by atoms with Gasteiger partial charge >= 0.3 is 0 Å². The van der Waals surface area contributed by atoms with Gasteiger partial charge in [-0.05, 0) is 53.6 Å². The fourth-order valence-corrected chi connectivity index (χ4v) is 2.87. The summed E-state index contributed by atoms with van der Waals surface area (Å²) in [5.74, 6) is 0. The molecule has 0 fully saturated rings. The normalized spacial score (nSPS) is 15.7. The smallest absolute Gasteiger partial charge is 0.198 e. The van der Waals surface area contributed by atoms with Gasteiger partial charge in [-0.2, -0.15) is 0 Å². The van der Waals surface area contributed by atoms with Crippen LogP contribution in [0.5, 0.6) is 0 Å². The molecule has 0 bridgehead atoms. The molecule has 3 heteroatoms. The first-order valence-corrected chi connectivity index (χ1v) is 6.63. The third-order valence-electron chi connectivity index (χ3n) is 3.60. The summed E-state index contributed by atoms with van der Waals surface area (Å²) < 4.78 is 5.00. The second kappa shape index (κ2) is 4.79. The highest BCUT2D eigenvalue weighted by Gasteiger charge is 2.16. The number of furan rings is 1. The zero-order chi connectivity index (χ0) is 12.5. The average Bonchev–Trinajstić information content (AvgIpc) is 2.96. The second-order valence-corrected chi connectivity index (χ2v) is 5.17. The van der Waals surface area contributed by atoms with Crippen LogP contribution >= 0.6 is 11.6 Å². The molecule has 1 aromatic heterocycles. The number of aliphatic hydroxyl groups excluding tert-OH is 1. The van der Waals surface area contributed by atoms with Crippen LogP contribution in [0.3, 0.4) is 0 Å². The average molecular weight is 263 g/mol. The zero-order valence-corrected chi connectivity index (χ0v) is 10.8. The zero-order valence-electron chi connectivity index (χ0n) is 10.0. The van der Waals surface area contributed by atoms with E-state index in [0.717, 1.165) is 12.0 Å². The van der Waals surface area contributed by atoms with Crippen LogP contribution in [-0.2, 0) is 19.3 Å². The minimum Gasteiger partial charge on any atom is -0.453 e. The van der Waals surface area contributed by atoms with Crippen molar-refractivity contribution in [3.8, 4) is 0 Å². The maximum Gasteiger partial charge on any atom is 0.198 e. The molecule has 3 rings (SSSR count). The first-order valence-electron chi connectivity index (χ1n) is 6.25. The van der Waals surface area contributed by atoms with Crippen LogP contribution in [0.4, 0.5) is 0 Å². The summed E-state index contributed by atoms with van der Waals surface area (Å²) in [6.07, 6.45) is 5.07. The van der Waals surface area contributed by atoms with Crippen LogP contribution in [0, 0.1) is 0 Å². The molecular weight excluding hydrogens is 248 g/mol. The van der Waals surface area contributed by atoms with Gasteiger partial charge in [0, 0.05) is 12.0 Å². The molecular formula is C15H15ClO2. The highest BCUT2D eigenvalue weighted by atomic mass is 35.5. The first kappa shape index (κ1) is 11.8. The SMILES string of the molecule is OC(Cc1ccc2c(c1)CCC2)c1ccoc1Cl. The topological polar surface area (TPSA) is 33.4 Å². The third kappa shape index (κ3) is 2.18. The van der Waals surface area contributed by atoms with Crippen molar-refractivity contribution in [1.82, 2.24) is 0 Å². The van der Waals surface area contributed by atoms with Gasteiger partial charge in [-0.1, -0.05) is 18.2 Å². The third-order valence-corrected chi connectivity index (χ3v) is 3.90. The van der Waals surface area contributed by atoms with Gasteiger partial charge in [-0.15, -0.1) is 0 Å². The Bertz CT molecular complexity index is 559. The number of halogens is 1. The standard InChI is InChI=1S/C15H15ClO2/c16-15-13(6-7-18-15)14(17)9-10-4-5-11-2-1-3-12(11)8-10/h4-8,14,17H,1-3,9H2. The monoisotopic (exact) mass is 262 g/mol. The molecule has 0 aliphatic heterocycles. The molecule has 0 radical (unpaired) electrons. The lowest BCUT2D eigenvalue weighted by Gasteiger charge is -2.10. The van der Waals surface area contributed by atoms with E-state index in [4.69, 9.17) is 16.0 Å². The van der Waals surface area contributed by atoms with Gasteiger partial charge in [-0.25, -0.2) is 0 Å². The van der Waals surface area contributed by atoms with Crippen molar-refractivity contribution >= 4 is 11.6 Å².